The maximum atomic E-state index is 6.09. The van der Waals surface area contributed by atoms with Gasteiger partial charge in [0.25, 0.3) is 0 Å². The Labute approximate surface area is 121 Å². The highest BCUT2D eigenvalue weighted by Crippen LogP contribution is 2.24. The van der Waals surface area contributed by atoms with Crippen LogP contribution in [0.4, 0.5) is 0 Å². The molecule has 1 aliphatic heterocycles. The second kappa shape index (κ2) is 7.28. The first kappa shape index (κ1) is 14.8. The molecule has 2 rings (SSSR count). The van der Waals surface area contributed by atoms with Crippen LogP contribution in [0.2, 0.25) is 5.02 Å². The molecular formula is C16H24ClNO. The van der Waals surface area contributed by atoms with Gasteiger partial charge in [0.2, 0.25) is 0 Å². The third kappa shape index (κ3) is 4.20. The molecule has 0 bridgehead atoms. The van der Waals surface area contributed by atoms with Crippen molar-refractivity contribution in [2.75, 3.05) is 13.2 Å². The van der Waals surface area contributed by atoms with Crippen LogP contribution in [0.5, 0.6) is 0 Å². The van der Waals surface area contributed by atoms with Crippen molar-refractivity contribution in [3.63, 3.8) is 0 Å². The van der Waals surface area contributed by atoms with Crippen LogP contribution in [-0.2, 0) is 4.74 Å². The van der Waals surface area contributed by atoms with Crippen molar-refractivity contribution in [3.05, 3.63) is 34.9 Å². The van der Waals surface area contributed by atoms with E-state index in [1.807, 2.05) is 12.1 Å². The van der Waals surface area contributed by atoms with Gasteiger partial charge >= 0.3 is 0 Å². The number of nitrogens with one attached hydrogen (secondary N) is 1. The molecule has 1 saturated heterocycles. The van der Waals surface area contributed by atoms with Gasteiger partial charge in [-0.1, -0.05) is 30.7 Å². The van der Waals surface area contributed by atoms with Gasteiger partial charge in [0.1, 0.15) is 0 Å². The monoisotopic (exact) mass is 281 g/mol. The predicted octanol–water partition coefficient (Wildman–Crippen LogP) is 4.20. The fraction of sp³-hybridized carbons (Fsp3) is 0.625. The van der Waals surface area contributed by atoms with E-state index in [0.29, 0.717) is 12.1 Å². The highest BCUT2D eigenvalue weighted by molar-refractivity contribution is 6.30. The van der Waals surface area contributed by atoms with Gasteiger partial charge < -0.3 is 10.1 Å². The zero-order valence-electron chi connectivity index (χ0n) is 11.9. The second-order valence-corrected chi connectivity index (χ2v) is 5.86. The van der Waals surface area contributed by atoms with Gasteiger partial charge in [-0.15, -0.1) is 0 Å². The summed E-state index contributed by atoms with van der Waals surface area (Å²) in [5, 5.41) is 4.58. The van der Waals surface area contributed by atoms with Crippen LogP contribution >= 0.6 is 11.6 Å². The summed E-state index contributed by atoms with van der Waals surface area (Å²) in [7, 11) is 0. The van der Waals surface area contributed by atoms with Crippen molar-refractivity contribution in [2.24, 2.45) is 5.92 Å². The Hall–Kier alpha value is -0.570. The largest absolute Gasteiger partial charge is 0.381 e. The van der Waals surface area contributed by atoms with Gasteiger partial charge in [-0.2, -0.15) is 0 Å². The topological polar surface area (TPSA) is 21.3 Å². The lowest BCUT2D eigenvalue weighted by Crippen LogP contribution is -2.38. The average Bonchev–Trinajstić information content (AvgIpc) is 2.45. The number of benzene rings is 1. The van der Waals surface area contributed by atoms with Crippen molar-refractivity contribution in [2.45, 2.75) is 45.2 Å². The Morgan fingerprint density at radius 2 is 2.11 bits per heavy atom. The minimum absolute atomic E-state index is 0.386. The number of hydrogen-bond acceptors (Lipinski definition) is 2. The van der Waals surface area contributed by atoms with Crippen LogP contribution in [0.25, 0.3) is 0 Å². The van der Waals surface area contributed by atoms with Crippen LogP contribution in [0.3, 0.4) is 0 Å². The molecule has 1 aromatic rings. The standard InChI is InChI=1S/C16H24ClNO/c1-3-16(14-5-4-6-15(17)11-14)18-12(2)13-7-9-19-10-8-13/h4-6,11-13,16,18H,3,7-10H2,1-2H3. The minimum atomic E-state index is 0.386. The Morgan fingerprint density at radius 1 is 1.37 bits per heavy atom. The van der Waals surface area contributed by atoms with E-state index in [9.17, 15) is 0 Å². The third-order valence-corrected chi connectivity index (χ3v) is 4.33. The zero-order valence-corrected chi connectivity index (χ0v) is 12.6. The fourth-order valence-corrected chi connectivity index (χ4v) is 3.04. The number of rotatable bonds is 5. The summed E-state index contributed by atoms with van der Waals surface area (Å²) in [5.41, 5.74) is 1.29. The summed E-state index contributed by atoms with van der Waals surface area (Å²) in [6.07, 6.45) is 3.41. The normalized spacial score (nSPS) is 20.2. The van der Waals surface area contributed by atoms with Gasteiger partial charge in [0.05, 0.1) is 0 Å². The lowest BCUT2D eigenvalue weighted by molar-refractivity contribution is 0.0543. The summed E-state index contributed by atoms with van der Waals surface area (Å²) in [6, 6.07) is 9.09. The molecule has 2 unspecified atom stereocenters. The average molecular weight is 282 g/mol. The lowest BCUT2D eigenvalue weighted by atomic mass is 9.91. The predicted molar refractivity (Wildman–Crippen MR) is 80.6 cm³/mol. The minimum Gasteiger partial charge on any atom is -0.381 e. The molecule has 0 aliphatic carbocycles. The van der Waals surface area contributed by atoms with Crippen LogP contribution in [0, 0.1) is 5.92 Å². The molecule has 1 aliphatic rings. The molecule has 0 saturated carbocycles. The molecule has 0 amide bonds. The van der Waals surface area contributed by atoms with Gasteiger partial charge in [-0.05, 0) is 49.8 Å². The van der Waals surface area contributed by atoms with Crippen molar-refractivity contribution in [3.8, 4) is 0 Å². The molecule has 0 spiro atoms. The van der Waals surface area contributed by atoms with Crippen LogP contribution in [0.1, 0.15) is 44.7 Å². The van der Waals surface area contributed by atoms with Crippen LogP contribution < -0.4 is 5.32 Å². The van der Waals surface area contributed by atoms with E-state index >= 15 is 0 Å². The van der Waals surface area contributed by atoms with Crippen LogP contribution in [-0.4, -0.2) is 19.3 Å². The first-order valence-electron chi connectivity index (χ1n) is 7.30. The zero-order chi connectivity index (χ0) is 13.7. The van der Waals surface area contributed by atoms with Crippen molar-refractivity contribution in [1.82, 2.24) is 5.32 Å². The highest BCUT2D eigenvalue weighted by atomic mass is 35.5. The van der Waals surface area contributed by atoms with Crippen molar-refractivity contribution < 1.29 is 4.74 Å². The summed E-state index contributed by atoms with van der Waals surface area (Å²) in [6.45, 7) is 6.33. The summed E-state index contributed by atoms with van der Waals surface area (Å²) < 4.78 is 5.44. The Morgan fingerprint density at radius 3 is 2.74 bits per heavy atom. The van der Waals surface area contributed by atoms with Crippen LogP contribution in [0.15, 0.2) is 24.3 Å². The van der Waals surface area contributed by atoms with Gasteiger partial charge in [0, 0.05) is 30.3 Å². The molecule has 1 fully saturated rings. The van der Waals surface area contributed by atoms with Gasteiger partial charge in [0.15, 0.2) is 0 Å². The molecule has 1 heterocycles. The first-order valence-corrected chi connectivity index (χ1v) is 7.67. The molecule has 1 aromatic carbocycles. The highest BCUT2D eigenvalue weighted by Gasteiger charge is 2.22. The Balaban J connectivity index is 1.98. The maximum absolute atomic E-state index is 6.09. The molecule has 3 heteroatoms. The molecular weight excluding hydrogens is 258 g/mol. The van der Waals surface area contributed by atoms with E-state index < -0.39 is 0 Å². The van der Waals surface area contributed by atoms with E-state index in [-0.39, 0.29) is 0 Å². The molecule has 1 N–H and O–H groups in total. The van der Waals surface area contributed by atoms with Gasteiger partial charge in [-0.25, -0.2) is 0 Å². The number of hydrogen-bond donors (Lipinski definition) is 1. The molecule has 2 nitrogen and oxygen atoms in total. The summed E-state index contributed by atoms with van der Waals surface area (Å²) in [4.78, 5) is 0. The van der Waals surface area contributed by atoms with E-state index in [2.05, 4.69) is 31.3 Å². The Kier molecular flexibility index (Phi) is 5.68. The second-order valence-electron chi connectivity index (χ2n) is 5.42. The first-order chi connectivity index (χ1) is 9.20. The molecule has 2 atom stereocenters. The molecule has 0 radical (unpaired) electrons. The number of ether oxygens (including phenoxy) is 1. The molecule has 106 valence electrons. The molecule has 19 heavy (non-hydrogen) atoms. The quantitative estimate of drug-likeness (QED) is 0.873. The third-order valence-electron chi connectivity index (χ3n) is 4.10. The lowest BCUT2D eigenvalue weighted by Gasteiger charge is -2.31. The summed E-state index contributed by atoms with van der Waals surface area (Å²) in [5.74, 6) is 0.724. The van der Waals surface area contributed by atoms with Gasteiger partial charge in [-0.3, -0.25) is 0 Å². The van der Waals surface area contributed by atoms with E-state index in [1.54, 1.807) is 0 Å². The Bertz CT molecular complexity index is 390. The summed E-state index contributed by atoms with van der Waals surface area (Å²) >= 11 is 6.09. The maximum Gasteiger partial charge on any atom is 0.0469 e. The SMILES string of the molecule is CCC(NC(C)C1CCOCC1)c1cccc(Cl)c1. The van der Waals surface area contributed by atoms with E-state index in [4.69, 9.17) is 16.3 Å². The van der Waals surface area contributed by atoms with Crippen molar-refractivity contribution in [1.29, 1.82) is 0 Å². The van der Waals surface area contributed by atoms with Crippen molar-refractivity contribution >= 4 is 11.6 Å². The number of halogens is 1. The van der Waals surface area contributed by atoms with E-state index in [1.165, 1.54) is 18.4 Å². The fourth-order valence-electron chi connectivity index (χ4n) is 2.84. The molecule has 0 aromatic heterocycles. The van der Waals surface area contributed by atoms with E-state index in [0.717, 1.165) is 30.6 Å². The smallest absolute Gasteiger partial charge is 0.0469 e.